The molecular formula is C19H25NO4. The SMILES string of the molecule is CCOC(=O)[C@@H]1CCCN(C(=O)COc2ccc3c(c2)CCC3)C1. The van der Waals surface area contributed by atoms with Gasteiger partial charge in [-0.25, -0.2) is 0 Å². The van der Waals surface area contributed by atoms with Crippen molar-refractivity contribution in [3.63, 3.8) is 0 Å². The van der Waals surface area contributed by atoms with Gasteiger partial charge in [0.15, 0.2) is 6.61 Å². The second-order valence-corrected chi connectivity index (χ2v) is 6.50. The summed E-state index contributed by atoms with van der Waals surface area (Å²) in [5.41, 5.74) is 2.72. The number of likely N-dealkylation sites (tertiary alicyclic amines) is 1. The summed E-state index contributed by atoms with van der Waals surface area (Å²) in [6, 6.07) is 6.09. The van der Waals surface area contributed by atoms with Gasteiger partial charge in [0.2, 0.25) is 0 Å². The van der Waals surface area contributed by atoms with Crippen molar-refractivity contribution in [3.8, 4) is 5.75 Å². The maximum absolute atomic E-state index is 12.4. The van der Waals surface area contributed by atoms with Crippen molar-refractivity contribution in [3.05, 3.63) is 29.3 Å². The molecule has 130 valence electrons. The summed E-state index contributed by atoms with van der Waals surface area (Å²) >= 11 is 0. The quantitative estimate of drug-likeness (QED) is 0.777. The molecule has 1 amide bonds. The summed E-state index contributed by atoms with van der Waals surface area (Å²) in [6.45, 7) is 3.32. The Morgan fingerprint density at radius 1 is 1.21 bits per heavy atom. The number of hydrogen-bond donors (Lipinski definition) is 0. The van der Waals surface area contributed by atoms with Gasteiger partial charge in [-0.15, -0.1) is 0 Å². The minimum absolute atomic E-state index is 0.0222. The molecule has 0 aromatic heterocycles. The van der Waals surface area contributed by atoms with Crippen LogP contribution in [-0.2, 0) is 27.2 Å². The maximum Gasteiger partial charge on any atom is 0.310 e. The topological polar surface area (TPSA) is 55.8 Å². The number of esters is 1. The van der Waals surface area contributed by atoms with E-state index in [4.69, 9.17) is 9.47 Å². The number of carbonyl (C=O) groups is 2. The number of piperidine rings is 1. The van der Waals surface area contributed by atoms with Crippen LogP contribution in [0.5, 0.6) is 5.75 Å². The molecule has 1 aliphatic heterocycles. The lowest BCUT2D eigenvalue weighted by atomic mass is 9.98. The van der Waals surface area contributed by atoms with Crippen molar-refractivity contribution in [2.45, 2.75) is 39.0 Å². The van der Waals surface area contributed by atoms with Crippen LogP contribution in [0.15, 0.2) is 18.2 Å². The molecule has 0 spiro atoms. The van der Waals surface area contributed by atoms with Gasteiger partial charge in [-0.1, -0.05) is 6.07 Å². The number of aryl methyl sites for hydroxylation is 2. The van der Waals surface area contributed by atoms with Crippen molar-refractivity contribution < 1.29 is 19.1 Å². The molecule has 0 saturated carbocycles. The third-order valence-corrected chi connectivity index (χ3v) is 4.83. The van der Waals surface area contributed by atoms with Crippen LogP contribution in [0.4, 0.5) is 0 Å². The van der Waals surface area contributed by atoms with Crippen molar-refractivity contribution in [1.82, 2.24) is 4.90 Å². The minimum atomic E-state index is -0.206. The molecule has 2 aliphatic rings. The van der Waals surface area contributed by atoms with Crippen molar-refractivity contribution in [2.24, 2.45) is 5.92 Å². The average molecular weight is 331 g/mol. The molecule has 1 fully saturated rings. The van der Waals surface area contributed by atoms with Crippen molar-refractivity contribution in [2.75, 3.05) is 26.3 Å². The fraction of sp³-hybridized carbons (Fsp3) is 0.579. The highest BCUT2D eigenvalue weighted by atomic mass is 16.5. The zero-order valence-electron chi connectivity index (χ0n) is 14.3. The third-order valence-electron chi connectivity index (χ3n) is 4.83. The van der Waals surface area contributed by atoms with E-state index in [1.165, 1.54) is 17.5 Å². The molecular weight excluding hydrogens is 306 g/mol. The lowest BCUT2D eigenvalue weighted by Gasteiger charge is -2.31. The summed E-state index contributed by atoms with van der Waals surface area (Å²) in [6.07, 6.45) is 5.04. The fourth-order valence-electron chi connectivity index (χ4n) is 3.53. The molecule has 0 radical (unpaired) electrons. The number of benzene rings is 1. The van der Waals surface area contributed by atoms with Crippen LogP contribution in [0.3, 0.4) is 0 Å². The zero-order chi connectivity index (χ0) is 16.9. The summed E-state index contributed by atoms with van der Waals surface area (Å²) in [4.78, 5) is 26.0. The predicted molar refractivity (Wildman–Crippen MR) is 89.9 cm³/mol. The number of carbonyl (C=O) groups excluding carboxylic acids is 2. The van der Waals surface area contributed by atoms with Crippen LogP contribution < -0.4 is 4.74 Å². The number of amides is 1. The van der Waals surface area contributed by atoms with Gasteiger partial charge in [-0.3, -0.25) is 9.59 Å². The van der Waals surface area contributed by atoms with Crippen LogP contribution >= 0.6 is 0 Å². The van der Waals surface area contributed by atoms with E-state index in [0.29, 0.717) is 19.7 Å². The predicted octanol–water partition coefficient (Wildman–Crippen LogP) is 2.36. The fourth-order valence-corrected chi connectivity index (χ4v) is 3.53. The van der Waals surface area contributed by atoms with Crippen LogP contribution in [0.2, 0.25) is 0 Å². The van der Waals surface area contributed by atoms with Gasteiger partial charge in [0, 0.05) is 13.1 Å². The second kappa shape index (κ2) is 7.69. The molecule has 0 bridgehead atoms. The van der Waals surface area contributed by atoms with Gasteiger partial charge >= 0.3 is 5.97 Å². The minimum Gasteiger partial charge on any atom is -0.484 e. The molecule has 1 aliphatic carbocycles. The van der Waals surface area contributed by atoms with E-state index in [9.17, 15) is 9.59 Å². The highest BCUT2D eigenvalue weighted by molar-refractivity contribution is 5.79. The van der Waals surface area contributed by atoms with E-state index in [2.05, 4.69) is 6.07 Å². The van der Waals surface area contributed by atoms with E-state index in [0.717, 1.165) is 31.4 Å². The van der Waals surface area contributed by atoms with E-state index in [1.807, 2.05) is 12.1 Å². The summed E-state index contributed by atoms with van der Waals surface area (Å²) < 4.78 is 10.8. The molecule has 0 unspecified atom stereocenters. The van der Waals surface area contributed by atoms with Gasteiger partial charge in [0.1, 0.15) is 5.75 Å². The Kier molecular flexibility index (Phi) is 5.38. The molecule has 24 heavy (non-hydrogen) atoms. The molecule has 1 aromatic rings. The Labute approximate surface area is 142 Å². The van der Waals surface area contributed by atoms with Gasteiger partial charge in [0.05, 0.1) is 12.5 Å². The standard InChI is InChI=1S/C19H25NO4/c1-2-23-19(22)16-7-4-10-20(12-16)18(21)13-24-17-9-8-14-5-3-6-15(14)11-17/h8-9,11,16H,2-7,10,12-13H2,1H3/t16-/m1/s1. The number of fused-ring (bicyclic) bond motifs is 1. The molecule has 0 N–H and O–H groups in total. The van der Waals surface area contributed by atoms with Gasteiger partial charge in [0.25, 0.3) is 5.91 Å². The number of rotatable bonds is 5. The summed E-state index contributed by atoms with van der Waals surface area (Å²) in [5, 5.41) is 0. The van der Waals surface area contributed by atoms with Gasteiger partial charge in [-0.2, -0.15) is 0 Å². The van der Waals surface area contributed by atoms with E-state index in [-0.39, 0.29) is 24.4 Å². The molecule has 1 atom stereocenters. The Balaban J connectivity index is 1.52. The highest BCUT2D eigenvalue weighted by Gasteiger charge is 2.29. The number of ether oxygens (including phenoxy) is 2. The van der Waals surface area contributed by atoms with Crippen LogP contribution in [0.25, 0.3) is 0 Å². The Morgan fingerprint density at radius 3 is 2.88 bits per heavy atom. The smallest absolute Gasteiger partial charge is 0.310 e. The molecule has 1 heterocycles. The average Bonchev–Trinajstić information content (AvgIpc) is 3.07. The maximum atomic E-state index is 12.4. The number of nitrogens with zero attached hydrogens (tertiary/aromatic N) is 1. The first-order valence-electron chi connectivity index (χ1n) is 8.86. The molecule has 1 saturated heterocycles. The first-order chi connectivity index (χ1) is 11.7. The van der Waals surface area contributed by atoms with Crippen molar-refractivity contribution in [1.29, 1.82) is 0 Å². The summed E-state index contributed by atoms with van der Waals surface area (Å²) in [5.74, 6) is 0.282. The highest BCUT2D eigenvalue weighted by Crippen LogP contribution is 2.26. The second-order valence-electron chi connectivity index (χ2n) is 6.50. The normalized spacial score (nSPS) is 19.7. The van der Waals surface area contributed by atoms with Crippen LogP contribution in [0.1, 0.15) is 37.3 Å². The number of hydrogen-bond acceptors (Lipinski definition) is 4. The molecule has 3 rings (SSSR count). The third kappa shape index (κ3) is 3.89. The van der Waals surface area contributed by atoms with Gasteiger partial charge in [-0.05, 0) is 62.3 Å². The van der Waals surface area contributed by atoms with Crippen LogP contribution in [0, 0.1) is 5.92 Å². The van der Waals surface area contributed by atoms with E-state index >= 15 is 0 Å². The monoisotopic (exact) mass is 331 g/mol. The molecule has 5 heteroatoms. The Morgan fingerprint density at radius 2 is 2.04 bits per heavy atom. The summed E-state index contributed by atoms with van der Waals surface area (Å²) in [7, 11) is 0. The molecule has 1 aromatic carbocycles. The van der Waals surface area contributed by atoms with E-state index < -0.39 is 0 Å². The van der Waals surface area contributed by atoms with Gasteiger partial charge < -0.3 is 14.4 Å². The zero-order valence-corrected chi connectivity index (χ0v) is 14.3. The lowest BCUT2D eigenvalue weighted by molar-refractivity contribution is -0.151. The van der Waals surface area contributed by atoms with Crippen LogP contribution in [-0.4, -0.2) is 43.1 Å². The Bertz CT molecular complexity index is 613. The Hall–Kier alpha value is -2.04. The first-order valence-corrected chi connectivity index (χ1v) is 8.86. The largest absolute Gasteiger partial charge is 0.484 e. The lowest BCUT2D eigenvalue weighted by Crippen LogP contribution is -2.44. The van der Waals surface area contributed by atoms with Crippen molar-refractivity contribution >= 4 is 11.9 Å². The first kappa shape index (κ1) is 16.8. The van der Waals surface area contributed by atoms with E-state index in [1.54, 1.807) is 11.8 Å². The molecule has 5 nitrogen and oxygen atoms in total.